The fraction of sp³-hybridized carbons (Fsp3) is 0.615. The van der Waals surface area contributed by atoms with Crippen LogP contribution in [-0.2, 0) is 9.47 Å². The summed E-state index contributed by atoms with van der Waals surface area (Å²) in [5, 5.41) is 0. The first kappa shape index (κ1) is 14.6. The molecule has 1 atom stereocenters. The Hall–Kier alpha value is -0.450. The number of rotatable bonds is 1. The fourth-order valence-electron chi connectivity index (χ4n) is 1.72. The van der Waals surface area contributed by atoms with Gasteiger partial charge in [-0.2, -0.15) is 0 Å². The molecule has 2 heterocycles. The van der Waals surface area contributed by atoms with Crippen molar-refractivity contribution < 1.29 is 9.47 Å². The van der Waals surface area contributed by atoms with Crippen molar-refractivity contribution in [3.8, 4) is 0 Å². The molecular weight excluding hydrogens is 282 g/mol. The minimum absolute atomic E-state index is 0.000556. The predicted octanol–water partition coefficient (Wildman–Crippen LogP) is 4.00. The summed E-state index contributed by atoms with van der Waals surface area (Å²) >= 11 is 3.34. The van der Waals surface area contributed by atoms with Gasteiger partial charge in [-0.1, -0.05) is 19.9 Å². The Labute approximate surface area is 112 Å². The van der Waals surface area contributed by atoms with Crippen molar-refractivity contribution in [1.29, 1.82) is 0 Å². The van der Waals surface area contributed by atoms with E-state index in [2.05, 4.69) is 20.9 Å². The summed E-state index contributed by atoms with van der Waals surface area (Å²) < 4.78 is 12.2. The summed E-state index contributed by atoms with van der Waals surface area (Å²) in [7, 11) is 0. The van der Waals surface area contributed by atoms with E-state index in [0.717, 1.165) is 15.9 Å². The SMILES string of the molecule is CC.Cc1nc(Br)ccc1C1COC(C)(C)O1. The molecule has 1 aromatic rings. The van der Waals surface area contributed by atoms with Crippen LogP contribution < -0.4 is 0 Å². The summed E-state index contributed by atoms with van der Waals surface area (Å²) in [5.74, 6) is -0.482. The molecule has 0 radical (unpaired) electrons. The summed E-state index contributed by atoms with van der Waals surface area (Å²) in [6.45, 7) is 10.4. The van der Waals surface area contributed by atoms with Gasteiger partial charge in [0.25, 0.3) is 0 Å². The average molecular weight is 302 g/mol. The van der Waals surface area contributed by atoms with Gasteiger partial charge in [-0.3, -0.25) is 0 Å². The third-order valence-corrected chi connectivity index (χ3v) is 2.89. The Balaban J connectivity index is 0.000000686. The fourth-order valence-corrected chi connectivity index (χ4v) is 2.12. The maximum atomic E-state index is 5.78. The first-order valence-electron chi connectivity index (χ1n) is 5.93. The quantitative estimate of drug-likeness (QED) is 0.735. The highest BCUT2D eigenvalue weighted by atomic mass is 79.9. The maximum absolute atomic E-state index is 5.78. The normalized spacial score (nSPS) is 21.9. The average Bonchev–Trinajstić information content (AvgIpc) is 2.61. The number of nitrogens with zero attached hydrogens (tertiary/aromatic N) is 1. The van der Waals surface area contributed by atoms with Crippen LogP contribution in [0.25, 0.3) is 0 Å². The molecule has 0 saturated carbocycles. The molecule has 0 spiro atoms. The van der Waals surface area contributed by atoms with Crippen molar-refractivity contribution in [1.82, 2.24) is 4.98 Å². The van der Waals surface area contributed by atoms with Gasteiger partial charge in [0.1, 0.15) is 10.7 Å². The number of pyridine rings is 1. The second-order valence-corrected chi connectivity index (χ2v) is 4.94. The van der Waals surface area contributed by atoms with Crippen LogP contribution in [0.4, 0.5) is 0 Å². The molecule has 1 aliphatic rings. The van der Waals surface area contributed by atoms with Gasteiger partial charge in [0.15, 0.2) is 5.79 Å². The molecule has 3 nitrogen and oxygen atoms in total. The zero-order chi connectivity index (χ0) is 13.1. The molecule has 96 valence electrons. The smallest absolute Gasteiger partial charge is 0.163 e. The molecule has 0 amide bonds. The van der Waals surface area contributed by atoms with Crippen LogP contribution in [0, 0.1) is 6.92 Å². The lowest BCUT2D eigenvalue weighted by Crippen LogP contribution is -2.19. The molecule has 0 N–H and O–H groups in total. The minimum atomic E-state index is -0.482. The van der Waals surface area contributed by atoms with Crippen LogP contribution in [0.5, 0.6) is 0 Å². The van der Waals surface area contributed by atoms with Crippen LogP contribution in [0.2, 0.25) is 0 Å². The van der Waals surface area contributed by atoms with E-state index in [1.807, 2.05) is 46.8 Å². The minimum Gasteiger partial charge on any atom is -0.347 e. The highest BCUT2D eigenvalue weighted by Gasteiger charge is 2.34. The number of hydrogen-bond acceptors (Lipinski definition) is 3. The van der Waals surface area contributed by atoms with Crippen molar-refractivity contribution >= 4 is 15.9 Å². The highest BCUT2D eigenvalue weighted by Crippen LogP contribution is 2.33. The second kappa shape index (κ2) is 5.94. The van der Waals surface area contributed by atoms with E-state index in [0.29, 0.717) is 6.61 Å². The van der Waals surface area contributed by atoms with Crippen LogP contribution in [-0.4, -0.2) is 17.4 Å². The van der Waals surface area contributed by atoms with Crippen molar-refractivity contribution in [3.05, 3.63) is 28.0 Å². The van der Waals surface area contributed by atoms with Crippen LogP contribution >= 0.6 is 15.9 Å². The molecule has 1 aromatic heterocycles. The van der Waals surface area contributed by atoms with Crippen molar-refractivity contribution in [3.63, 3.8) is 0 Å². The van der Waals surface area contributed by atoms with Gasteiger partial charge < -0.3 is 9.47 Å². The Morgan fingerprint density at radius 2 is 2.00 bits per heavy atom. The molecule has 0 aromatic carbocycles. The van der Waals surface area contributed by atoms with E-state index in [4.69, 9.17) is 9.47 Å². The zero-order valence-corrected chi connectivity index (χ0v) is 12.7. The van der Waals surface area contributed by atoms with Gasteiger partial charge in [-0.15, -0.1) is 0 Å². The lowest BCUT2D eigenvalue weighted by Gasteiger charge is -2.17. The van der Waals surface area contributed by atoms with E-state index in [-0.39, 0.29) is 6.10 Å². The lowest BCUT2D eigenvalue weighted by molar-refractivity contribution is -0.139. The van der Waals surface area contributed by atoms with Crippen molar-refractivity contribution in [2.24, 2.45) is 0 Å². The number of ether oxygens (including phenoxy) is 2. The van der Waals surface area contributed by atoms with Gasteiger partial charge in [0.05, 0.1) is 6.61 Å². The zero-order valence-electron chi connectivity index (χ0n) is 11.1. The van der Waals surface area contributed by atoms with E-state index < -0.39 is 5.79 Å². The van der Waals surface area contributed by atoms with E-state index in [1.54, 1.807) is 0 Å². The first-order chi connectivity index (χ1) is 7.98. The molecule has 0 bridgehead atoms. The van der Waals surface area contributed by atoms with E-state index >= 15 is 0 Å². The Morgan fingerprint density at radius 3 is 2.47 bits per heavy atom. The molecule has 1 fully saturated rings. The monoisotopic (exact) mass is 301 g/mol. The van der Waals surface area contributed by atoms with Gasteiger partial charge in [-0.05, 0) is 42.8 Å². The molecule has 0 aliphatic carbocycles. The predicted molar refractivity (Wildman–Crippen MR) is 71.9 cm³/mol. The van der Waals surface area contributed by atoms with Gasteiger partial charge in [-0.25, -0.2) is 4.98 Å². The molecule has 1 aliphatic heterocycles. The second-order valence-electron chi connectivity index (χ2n) is 4.13. The Kier molecular flexibility index (Phi) is 5.10. The molecule has 17 heavy (non-hydrogen) atoms. The third kappa shape index (κ3) is 3.76. The van der Waals surface area contributed by atoms with Gasteiger partial charge in [0, 0.05) is 11.3 Å². The lowest BCUT2D eigenvalue weighted by atomic mass is 10.1. The summed E-state index contributed by atoms with van der Waals surface area (Å²) in [6, 6.07) is 3.96. The van der Waals surface area contributed by atoms with Crippen LogP contribution in [0.15, 0.2) is 16.7 Å². The van der Waals surface area contributed by atoms with Gasteiger partial charge >= 0.3 is 0 Å². The molecule has 2 rings (SSSR count). The van der Waals surface area contributed by atoms with E-state index in [9.17, 15) is 0 Å². The molecule has 1 unspecified atom stereocenters. The summed E-state index contributed by atoms with van der Waals surface area (Å²) in [6.07, 6.45) is 0.000556. The number of aryl methyl sites for hydroxylation is 1. The summed E-state index contributed by atoms with van der Waals surface area (Å²) in [5.41, 5.74) is 2.08. The van der Waals surface area contributed by atoms with Crippen molar-refractivity contribution in [2.75, 3.05) is 6.61 Å². The Bertz CT molecular complexity index is 380. The third-order valence-electron chi connectivity index (χ3n) is 2.45. The van der Waals surface area contributed by atoms with Crippen molar-refractivity contribution in [2.45, 2.75) is 46.5 Å². The molecular formula is C13H20BrNO2. The standard InChI is InChI=1S/C11H14BrNO2.C2H6/c1-7-8(4-5-10(12)13-7)9-6-14-11(2,3)15-9;1-2/h4-5,9H,6H2,1-3H3;1-2H3. The van der Waals surface area contributed by atoms with E-state index in [1.165, 1.54) is 0 Å². The topological polar surface area (TPSA) is 31.4 Å². The largest absolute Gasteiger partial charge is 0.347 e. The molecule has 1 saturated heterocycles. The molecule has 4 heteroatoms. The maximum Gasteiger partial charge on any atom is 0.163 e. The number of aromatic nitrogens is 1. The van der Waals surface area contributed by atoms with Gasteiger partial charge in [0.2, 0.25) is 0 Å². The Morgan fingerprint density at radius 1 is 1.35 bits per heavy atom. The van der Waals surface area contributed by atoms with Crippen LogP contribution in [0.3, 0.4) is 0 Å². The number of halogens is 1. The van der Waals surface area contributed by atoms with Crippen LogP contribution in [0.1, 0.15) is 45.1 Å². The highest BCUT2D eigenvalue weighted by molar-refractivity contribution is 9.10. The first-order valence-corrected chi connectivity index (χ1v) is 6.72. The number of hydrogen-bond donors (Lipinski definition) is 0. The summed E-state index contributed by atoms with van der Waals surface area (Å²) in [4.78, 5) is 4.35.